The number of rotatable bonds is 7. The zero-order valence-electron chi connectivity index (χ0n) is 10.5. The lowest BCUT2D eigenvalue weighted by Gasteiger charge is -2.09. The van der Waals surface area contributed by atoms with Gasteiger partial charge in [-0.05, 0) is 12.1 Å². The van der Waals surface area contributed by atoms with E-state index in [-0.39, 0.29) is 18.8 Å². The first-order valence-corrected chi connectivity index (χ1v) is 5.61. The lowest BCUT2D eigenvalue weighted by molar-refractivity contribution is -0.385. The molecule has 0 bridgehead atoms. The van der Waals surface area contributed by atoms with Crippen LogP contribution in [0, 0.1) is 10.1 Å². The van der Waals surface area contributed by atoms with E-state index in [9.17, 15) is 28.1 Å². The van der Waals surface area contributed by atoms with E-state index in [2.05, 4.69) is 10.1 Å². The molecule has 0 atom stereocenters. The Morgan fingerprint density at radius 3 is 2.62 bits per heavy atom. The largest absolute Gasteiger partial charge is 0.477 e. The Bertz CT molecular complexity index is 533. The molecule has 0 aliphatic heterocycles. The van der Waals surface area contributed by atoms with Crippen molar-refractivity contribution in [1.29, 1.82) is 0 Å². The summed E-state index contributed by atoms with van der Waals surface area (Å²) in [5.74, 6) is -1.44. The fraction of sp³-hybridized carbons (Fsp3) is 0.364. The molecule has 0 amide bonds. The highest BCUT2D eigenvalue weighted by atomic mass is 19.4. The van der Waals surface area contributed by atoms with Gasteiger partial charge in [-0.1, -0.05) is 0 Å². The minimum atomic E-state index is -4.41. The molecular weight excluding hydrogens is 297 g/mol. The molecule has 2 N–H and O–H groups in total. The summed E-state index contributed by atoms with van der Waals surface area (Å²) in [5.41, 5.74) is -0.870. The van der Waals surface area contributed by atoms with Crippen molar-refractivity contribution < 1.29 is 32.7 Å². The van der Waals surface area contributed by atoms with Crippen molar-refractivity contribution in [3.05, 3.63) is 33.9 Å². The molecule has 7 nitrogen and oxygen atoms in total. The maximum absolute atomic E-state index is 11.8. The van der Waals surface area contributed by atoms with Gasteiger partial charge in [0.2, 0.25) is 0 Å². The number of nitrogens with zero attached hydrogens (tertiary/aromatic N) is 1. The molecule has 0 saturated carbocycles. The number of benzene rings is 1. The highest BCUT2D eigenvalue weighted by Gasteiger charge is 2.27. The number of nitro groups is 1. The molecule has 0 aliphatic carbocycles. The van der Waals surface area contributed by atoms with Gasteiger partial charge in [-0.25, -0.2) is 4.79 Å². The summed E-state index contributed by atoms with van der Waals surface area (Å²) < 4.78 is 39.7. The number of hydrogen-bond acceptors (Lipinski definition) is 5. The highest BCUT2D eigenvalue weighted by molar-refractivity contribution is 5.93. The van der Waals surface area contributed by atoms with Crippen LogP contribution in [0.2, 0.25) is 0 Å². The van der Waals surface area contributed by atoms with E-state index >= 15 is 0 Å². The van der Waals surface area contributed by atoms with Crippen molar-refractivity contribution in [2.75, 3.05) is 25.1 Å². The predicted octanol–water partition coefficient (Wildman–Crippen LogP) is 2.28. The van der Waals surface area contributed by atoms with Crippen molar-refractivity contribution >= 4 is 17.3 Å². The Labute approximate surface area is 116 Å². The van der Waals surface area contributed by atoms with Crippen LogP contribution in [0.1, 0.15) is 10.4 Å². The smallest absolute Gasteiger partial charge is 0.411 e. The first-order chi connectivity index (χ1) is 9.70. The fourth-order valence-electron chi connectivity index (χ4n) is 1.43. The van der Waals surface area contributed by atoms with E-state index in [4.69, 9.17) is 5.11 Å². The number of halogens is 3. The second-order valence-electron chi connectivity index (χ2n) is 3.89. The fourth-order valence-corrected chi connectivity index (χ4v) is 1.43. The third kappa shape index (κ3) is 5.65. The van der Waals surface area contributed by atoms with E-state index in [0.717, 1.165) is 12.1 Å². The van der Waals surface area contributed by atoms with Crippen molar-refractivity contribution in [2.24, 2.45) is 0 Å². The van der Waals surface area contributed by atoms with Gasteiger partial charge in [0.1, 0.15) is 12.2 Å². The number of alkyl halides is 3. The highest BCUT2D eigenvalue weighted by Crippen LogP contribution is 2.23. The molecule has 1 aromatic carbocycles. The quantitative estimate of drug-likeness (QED) is 0.455. The van der Waals surface area contributed by atoms with E-state index < -0.39 is 34.9 Å². The van der Waals surface area contributed by atoms with Gasteiger partial charge in [0.25, 0.3) is 5.69 Å². The number of nitro benzene ring substituents is 1. The molecule has 0 aliphatic rings. The number of carbonyl (C=O) groups is 1. The van der Waals surface area contributed by atoms with Gasteiger partial charge in [-0.15, -0.1) is 0 Å². The van der Waals surface area contributed by atoms with Crippen LogP contribution in [0.3, 0.4) is 0 Å². The van der Waals surface area contributed by atoms with Crippen LogP contribution in [0.4, 0.5) is 24.5 Å². The molecule has 1 aromatic rings. The summed E-state index contributed by atoms with van der Waals surface area (Å²) in [6.45, 7) is -1.65. The molecule has 0 radical (unpaired) electrons. The van der Waals surface area contributed by atoms with Gasteiger partial charge in [-0.2, -0.15) is 13.2 Å². The summed E-state index contributed by atoms with van der Waals surface area (Å²) in [7, 11) is 0. The Morgan fingerprint density at radius 2 is 2.10 bits per heavy atom. The molecule has 116 valence electrons. The number of nitrogens with one attached hydrogen (secondary N) is 1. The van der Waals surface area contributed by atoms with Gasteiger partial charge in [0.15, 0.2) is 0 Å². The minimum absolute atomic E-state index is 0.0142. The van der Waals surface area contributed by atoms with Crippen LogP contribution in [-0.4, -0.2) is 41.9 Å². The van der Waals surface area contributed by atoms with Crippen molar-refractivity contribution in [2.45, 2.75) is 6.18 Å². The summed E-state index contributed by atoms with van der Waals surface area (Å²) in [6.07, 6.45) is -4.41. The molecule has 1 rings (SSSR count). The first-order valence-electron chi connectivity index (χ1n) is 5.61. The van der Waals surface area contributed by atoms with Gasteiger partial charge >= 0.3 is 12.1 Å². The number of carboxylic acid groups (broad SMARTS) is 1. The monoisotopic (exact) mass is 308 g/mol. The van der Waals surface area contributed by atoms with Crippen molar-refractivity contribution in [3.8, 4) is 0 Å². The van der Waals surface area contributed by atoms with Crippen molar-refractivity contribution in [3.63, 3.8) is 0 Å². The molecule has 0 saturated heterocycles. The lowest BCUT2D eigenvalue weighted by Crippen LogP contribution is -2.20. The average Bonchev–Trinajstić information content (AvgIpc) is 2.36. The Hall–Kier alpha value is -2.36. The van der Waals surface area contributed by atoms with Gasteiger partial charge in [0.05, 0.1) is 11.5 Å². The molecule has 0 heterocycles. The summed E-state index contributed by atoms with van der Waals surface area (Å²) in [5, 5.41) is 22.1. The Kier molecular flexibility index (Phi) is 5.47. The zero-order chi connectivity index (χ0) is 16.0. The second-order valence-corrected chi connectivity index (χ2v) is 3.89. The molecule has 10 heteroatoms. The van der Waals surface area contributed by atoms with Crippen LogP contribution in [0.25, 0.3) is 0 Å². The van der Waals surface area contributed by atoms with Gasteiger partial charge in [0, 0.05) is 18.3 Å². The van der Waals surface area contributed by atoms with E-state index in [1.807, 2.05) is 0 Å². The van der Waals surface area contributed by atoms with E-state index in [1.165, 1.54) is 6.07 Å². The van der Waals surface area contributed by atoms with Crippen LogP contribution < -0.4 is 5.32 Å². The van der Waals surface area contributed by atoms with E-state index in [0.29, 0.717) is 0 Å². The number of hydrogen-bond donors (Lipinski definition) is 2. The van der Waals surface area contributed by atoms with E-state index in [1.54, 1.807) is 0 Å². The topological polar surface area (TPSA) is 102 Å². The number of aromatic carboxylic acids is 1. The van der Waals surface area contributed by atoms with Gasteiger partial charge in [-0.3, -0.25) is 10.1 Å². The third-order valence-corrected chi connectivity index (χ3v) is 2.27. The molecule has 0 aromatic heterocycles. The molecule has 0 fully saturated rings. The summed E-state index contributed by atoms with van der Waals surface area (Å²) in [6, 6.07) is 3.31. The number of ether oxygens (including phenoxy) is 1. The maximum atomic E-state index is 11.8. The van der Waals surface area contributed by atoms with Crippen LogP contribution in [-0.2, 0) is 4.74 Å². The minimum Gasteiger partial charge on any atom is -0.477 e. The van der Waals surface area contributed by atoms with Crippen LogP contribution in [0.15, 0.2) is 18.2 Å². The molecular formula is C11H11F3N2O5. The Morgan fingerprint density at radius 1 is 1.43 bits per heavy atom. The lowest BCUT2D eigenvalue weighted by atomic mass is 10.1. The SMILES string of the molecule is O=C(O)c1ccc(NCCOCC(F)(F)F)cc1[N+](=O)[O-]. The molecule has 0 unspecified atom stereocenters. The van der Waals surface area contributed by atoms with Crippen molar-refractivity contribution in [1.82, 2.24) is 0 Å². The molecule has 0 spiro atoms. The summed E-state index contributed by atoms with van der Waals surface area (Å²) >= 11 is 0. The summed E-state index contributed by atoms with van der Waals surface area (Å²) in [4.78, 5) is 20.7. The average molecular weight is 308 g/mol. The Balaban J connectivity index is 2.59. The second kappa shape index (κ2) is 6.88. The third-order valence-electron chi connectivity index (χ3n) is 2.27. The van der Waals surface area contributed by atoms with Gasteiger partial charge < -0.3 is 15.2 Å². The molecule has 21 heavy (non-hydrogen) atoms. The standard InChI is InChI=1S/C11H11F3N2O5/c12-11(13,14)6-21-4-3-15-7-1-2-8(10(17)18)9(5-7)16(19)20/h1-2,5,15H,3-4,6H2,(H,17,18). The maximum Gasteiger partial charge on any atom is 0.411 e. The normalized spacial score (nSPS) is 11.2. The first kappa shape index (κ1) is 16.7. The van der Waals surface area contributed by atoms with Crippen LogP contribution >= 0.6 is 0 Å². The van der Waals surface area contributed by atoms with Crippen LogP contribution in [0.5, 0.6) is 0 Å². The number of anilines is 1. The number of carboxylic acids is 1. The predicted molar refractivity (Wildman–Crippen MR) is 65.4 cm³/mol. The zero-order valence-corrected chi connectivity index (χ0v) is 10.5.